The van der Waals surface area contributed by atoms with E-state index in [1.807, 2.05) is 13.0 Å². The molecule has 0 aromatic heterocycles. The third-order valence-electron chi connectivity index (χ3n) is 3.75. The van der Waals surface area contributed by atoms with E-state index in [1.54, 1.807) is 12.1 Å². The van der Waals surface area contributed by atoms with Crippen LogP contribution in [0.5, 0.6) is 11.5 Å². The van der Waals surface area contributed by atoms with Crippen molar-refractivity contribution in [3.8, 4) is 11.5 Å². The standard InChI is InChI=1S/C19H19Cl2N3O4/c1-10-5-6-12(20)14(7-10)23-24-18(11(2)25)19(26)22-15-9-16(27-3)13(21)8-17(15)28-4/h5-9,18H,1-4H3,(H,22,26). The number of ether oxygens (including phenoxy) is 2. The summed E-state index contributed by atoms with van der Waals surface area (Å²) in [7, 11) is 2.87. The minimum Gasteiger partial charge on any atom is -0.495 e. The van der Waals surface area contributed by atoms with Crippen molar-refractivity contribution < 1.29 is 19.1 Å². The van der Waals surface area contributed by atoms with E-state index in [1.165, 1.54) is 33.3 Å². The van der Waals surface area contributed by atoms with Gasteiger partial charge in [-0.3, -0.25) is 9.59 Å². The van der Waals surface area contributed by atoms with Gasteiger partial charge < -0.3 is 14.8 Å². The van der Waals surface area contributed by atoms with E-state index >= 15 is 0 Å². The molecule has 0 heterocycles. The number of halogens is 2. The molecule has 0 saturated heterocycles. The molecule has 0 saturated carbocycles. The minimum absolute atomic E-state index is 0.281. The van der Waals surface area contributed by atoms with Crippen LogP contribution in [0, 0.1) is 6.92 Å². The van der Waals surface area contributed by atoms with Gasteiger partial charge in [-0.05, 0) is 31.5 Å². The highest BCUT2D eigenvalue weighted by atomic mass is 35.5. The average molecular weight is 424 g/mol. The zero-order valence-corrected chi connectivity index (χ0v) is 17.3. The number of aryl methyl sites for hydroxylation is 1. The van der Waals surface area contributed by atoms with Gasteiger partial charge in [-0.2, -0.15) is 10.2 Å². The van der Waals surface area contributed by atoms with Crippen LogP contribution >= 0.6 is 23.2 Å². The number of hydrogen-bond donors (Lipinski definition) is 1. The maximum Gasteiger partial charge on any atom is 0.258 e. The predicted octanol–water partition coefficient (Wildman–Crippen LogP) is 5.00. The summed E-state index contributed by atoms with van der Waals surface area (Å²) in [6.07, 6.45) is 0. The molecule has 0 fully saturated rings. The third-order valence-corrected chi connectivity index (χ3v) is 4.36. The van der Waals surface area contributed by atoms with E-state index < -0.39 is 17.7 Å². The first-order valence-electron chi connectivity index (χ1n) is 8.16. The van der Waals surface area contributed by atoms with Gasteiger partial charge in [0.25, 0.3) is 5.91 Å². The Morgan fingerprint density at radius 3 is 2.32 bits per heavy atom. The molecule has 1 N–H and O–H groups in total. The number of amides is 1. The fourth-order valence-electron chi connectivity index (χ4n) is 2.30. The van der Waals surface area contributed by atoms with Crippen molar-refractivity contribution in [3.63, 3.8) is 0 Å². The highest BCUT2D eigenvalue weighted by molar-refractivity contribution is 6.33. The first-order valence-corrected chi connectivity index (χ1v) is 8.92. The molecule has 1 amide bonds. The number of benzene rings is 2. The minimum atomic E-state index is -1.36. The van der Waals surface area contributed by atoms with E-state index in [4.69, 9.17) is 32.7 Å². The Hall–Kier alpha value is -2.64. The van der Waals surface area contributed by atoms with Crippen molar-refractivity contribution in [1.82, 2.24) is 0 Å². The van der Waals surface area contributed by atoms with Crippen LogP contribution in [-0.4, -0.2) is 32.0 Å². The van der Waals surface area contributed by atoms with Gasteiger partial charge in [0.05, 0.1) is 30.0 Å². The van der Waals surface area contributed by atoms with Gasteiger partial charge in [0.2, 0.25) is 6.04 Å². The molecule has 0 bridgehead atoms. The van der Waals surface area contributed by atoms with Crippen molar-refractivity contribution >= 4 is 46.3 Å². The van der Waals surface area contributed by atoms with Crippen LogP contribution in [0.2, 0.25) is 10.0 Å². The summed E-state index contributed by atoms with van der Waals surface area (Å²) in [5.74, 6) is -0.516. The Morgan fingerprint density at radius 2 is 1.71 bits per heavy atom. The summed E-state index contributed by atoms with van der Waals surface area (Å²) in [6, 6.07) is 6.81. The van der Waals surface area contributed by atoms with Gasteiger partial charge in [-0.25, -0.2) is 0 Å². The van der Waals surface area contributed by atoms with Gasteiger partial charge in [0, 0.05) is 12.1 Å². The molecule has 0 aliphatic rings. The number of azo groups is 1. The number of rotatable bonds is 7. The van der Waals surface area contributed by atoms with Crippen LogP contribution < -0.4 is 14.8 Å². The normalized spacial score (nSPS) is 11.9. The molecular formula is C19H19Cl2N3O4. The van der Waals surface area contributed by atoms with Crippen molar-refractivity contribution in [3.05, 3.63) is 45.9 Å². The second-order valence-electron chi connectivity index (χ2n) is 5.86. The maximum atomic E-state index is 12.6. The molecule has 0 aliphatic carbocycles. The number of carbonyl (C=O) groups excluding carboxylic acids is 2. The number of ketones is 1. The lowest BCUT2D eigenvalue weighted by Gasteiger charge is -2.14. The van der Waals surface area contributed by atoms with Gasteiger partial charge in [0.15, 0.2) is 5.78 Å². The lowest BCUT2D eigenvalue weighted by atomic mass is 10.2. The van der Waals surface area contributed by atoms with Crippen molar-refractivity contribution in [2.24, 2.45) is 10.2 Å². The monoisotopic (exact) mass is 423 g/mol. The van der Waals surface area contributed by atoms with Crippen LogP contribution in [0.15, 0.2) is 40.6 Å². The zero-order valence-electron chi connectivity index (χ0n) is 15.7. The topological polar surface area (TPSA) is 89.4 Å². The van der Waals surface area contributed by atoms with E-state index in [0.717, 1.165) is 5.56 Å². The van der Waals surface area contributed by atoms with E-state index in [9.17, 15) is 9.59 Å². The smallest absolute Gasteiger partial charge is 0.258 e. The predicted molar refractivity (Wildman–Crippen MR) is 108 cm³/mol. The summed E-state index contributed by atoms with van der Waals surface area (Å²) < 4.78 is 10.4. The summed E-state index contributed by atoms with van der Waals surface area (Å²) in [4.78, 5) is 24.6. The number of hydrogen-bond acceptors (Lipinski definition) is 6. The van der Waals surface area contributed by atoms with Crippen LogP contribution in [0.4, 0.5) is 11.4 Å². The van der Waals surface area contributed by atoms with Crippen LogP contribution in [0.3, 0.4) is 0 Å². The van der Waals surface area contributed by atoms with E-state index in [2.05, 4.69) is 15.5 Å². The van der Waals surface area contributed by atoms with Crippen LogP contribution in [0.25, 0.3) is 0 Å². The van der Waals surface area contributed by atoms with Crippen molar-refractivity contribution in [2.75, 3.05) is 19.5 Å². The molecule has 1 unspecified atom stereocenters. The molecule has 28 heavy (non-hydrogen) atoms. The molecule has 0 radical (unpaired) electrons. The molecule has 1 atom stereocenters. The highest BCUT2D eigenvalue weighted by Gasteiger charge is 2.25. The van der Waals surface area contributed by atoms with E-state index in [0.29, 0.717) is 27.2 Å². The molecule has 2 rings (SSSR count). The lowest BCUT2D eigenvalue weighted by molar-refractivity contribution is -0.126. The van der Waals surface area contributed by atoms with Gasteiger partial charge in [0.1, 0.15) is 17.2 Å². The molecule has 7 nitrogen and oxygen atoms in total. The Bertz CT molecular complexity index is 932. The Balaban J connectivity index is 2.30. The number of nitrogens with one attached hydrogen (secondary N) is 1. The van der Waals surface area contributed by atoms with Crippen LogP contribution in [0.1, 0.15) is 12.5 Å². The number of anilines is 1. The second-order valence-corrected chi connectivity index (χ2v) is 6.67. The quantitative estimate of drug-likeness (QED) is 0.501. The second kappa shape index (κ2) is 9.52. The Kier molecular flexibility index (Phi) is 7.37. The van der Waals surface area contributed by atoms with Gasteiger partial charge in [-0.1, -0.05) is 29.3 Å². The molecule has 148 valence electrons. The first-order chi connectivity index (χ1) is 13.3. The number of Topliss-reactive ketones (excluding diaryl/α,β-unsaturated/α-hetero) is 1. The fourth-order valence-corrected chi connectivity index (χ4v) is 2.68. The number of carbonyl (C=O) groups is 2. The molecule has 2 aromatic carbocycles. The van der Waals surface area contributed by atoms with Crippen molar-refractivity contribution in [2.45, 2.75) is 19.9 Å². The lowest BCUT2D eigenvalue weighted by Crippen LogP contribution is -2.32. The fraction of sp³-hybridized carbons (Fsp3) is 0.263. The average Bonchev–Trinajstić information content (AvgIpc) is 2.65. The molecule has 0 aliphatic heterocycles. The van der Waals surface area contributed by atoms with E-state index in [-0.39, 0.29) is 5.69 Å². The molecule has 0 spiro atoms. The summed E-state index contributed by atoms with van der Waals surface area (Å²) in [5.41, 5.74) is 1.57. The van der Waals surface area contributed by atoms with Gasteiger partial charge in [-0.15, -0.1) is 0 Å². The molecular weight excluding hydrogens is 405 g/mol. The SMILES string of the molecule is COc1cc(NC(=O)C(N=Nc2cc(C)ccc2Cl)C(C)=O)c(OC)cc1Cl. The largest absolute Gasteiger partial charge is 0.495 e. The Labute approximate surface area is 172 Å². The summed E-state index contributed by atoms with van der Waals surface area (Å²) >= 11 is 12.1. The maximum absolute atomic E-state index is 12.6. The first kappa shape index (κ1) is 21.7. The zero-order chi connectivity index (χ0) is 20.8. The Morgan fingerprint density at radius 1 is 1.04 bits per heavy atom. The highest BCUT2D eigenvalue weighted by Crippen LogP contribution is 2.36. The summed E-state index contributed by atoms with van der Waals surface area (Å²) in [6.45, 7) is 3.12. The summed E-state index contributed by atoms with van der Waals surface area (Å²) in [5, 5.41) is 11.1. The number of methoxy groups -OCH3 is 2. The van der Waals surface area contributed by atoms with Crippen molar-refractivity contribution in [1.29, 1.82) is 0 Å². The molecule has 2 aromatic rings. The number of nitrogens with zero attached hydrogens (tertiary/aromatic N) is 2. The third kappa shape index (κ3) is 5.21. The van der Waals surface area contributed by atoms with Crippen LogP contribution in [-0.2, 0) is 9.59 Å². The van der Waals surface area contributed by atoms with Gasteiger partial charge >= 0.3 is 0 Å². The molecule has 9 heteroatoms.